The predicted molar refractivity (Wildman–Crippen MR) is 53.1 cm³/mol. The van der Waals surface area contributed by atoms with Gasteiger partial charge in [0.1, 0.15) is 5.92 Å². The molecule has 0 spiro atoms. The molecule has 0 bridgehead atoms. The van der Waals surface area contributed by atoms with Gasteiger partial charge in [-0.25, -0.2) is 0 Å². The van der Waals surface area contributed by atoms with Crippen molar-refractivity contribution in [2.24, 2.45) is 11.3 Å². The molecule has 15 heavy (non-hydrogen) atoms. The van der Waals surface area contributed by atoms with E-state index in [1.807, 2.05) is 13.8 Å². The van der Waals surface area contributed by atoms with E-state index < -0.39 is 23.9 Å². The van der Waals surface area contributed by atoms with Gasteiger partial charge in [-0.2, -0.15) is 0 Å². The number of carboxylic acid groups (broad SMARTS) is 1. The van der Waals surface area contributed by atoms with Gasteiger partial charge in [-0.15, -0.1) is 0 Å². The molecule has 1 saturated carbocycles. The Labute approximate surface area is 88.5 Å². The van der Waals surface area contributed by atoms with E-state index >= 15 is 0 Å². The van der Waals surface area contributed by atoms with Crippen LogP contribution in [-0.4, -0.2) is 34.2 Å². The number of carbonyl (C=O) groups is 2. The molecule has 86 valence electrons. The van der Waals surface area contributed by atoms with Gasteiger partial charge in [0.15, 0.2) is 0 Å². The SMILES string of the molecule is CC(C(=O)O)C(=O)NC1CC(O)C1(C)C. The van der Waals surface area contributed by atoms with Crippen molar-refractivity contribution in [2.75, 3.05) is 0 Å². The van der Waals surface area contributed by atoms with E-state index in [-0.39, 0.29) is 11.5 Å². The molecule has 0 aliphatic heterocycles. The van der Waals surface area contributed by atoms with Crippen molar-refractivity contribution >= 4 is 11.9 Å². The van der Waals surface area contributed by atoms with Crippen molar-refractivity contribution in [1.29, 1.82) is 0 Å². The van der Waals surface area contributed by atoms with E-state index in [4.69, 9.17) is 5.11 Å². The largest absolute Gasteiger partial charge is 0.481 e. The number of aliphatic hydroxyl groups is 1. The highest BCUT2D eigenvalue weighted by atomic mass is 16.4. The van der Waals surface area contributed by atoms with Gasteiger partial charge in [0.05, 0.1) is 6.10 Å². The summed E-state index contributed by atoms with van der Waals surface area (Å²) in [6, 6.07) is -0.137. The number of rotatable bonds is 3. The zero-order valence-corrected chi connectivity index (χ0v) is 9.15. The Kier molecular flexibility index (Phi) is 3.04. The third-order valence-corrected chi connectivity index (χ3v) is 3.30. The summed E-state index contributed by atoms with van der Waals surface area (Å²) in [5.74, 6) is -2.67. The molecule has 1 rings (SSSR count). The Balaban J connectivity index is 2.51. The summed E-state index contributed by atoms with van der Waals surface area (Å²) < 4.78 is 0. The Morgan fingerprint density at radius 1 is 1.47 bits per heavy atom. The third kappa shape index (κ3) is 2.12. The Bertz CT molecular complexity index is 287. The maximum absolute atomic E-state index is 11.4. The first-order chi connectivity index (χ1) is 6.76. The lowest BCUT2D eigenvalue weighted by Crippen LogP contribution is -2.62. The first-order valence-electron chi connectivity index (χ1n) is 4.98. The van der Waals surface area contributed by atoms with E-state index in [0.717, 1.165) is 0 Å². The maximum Gasteiger partial charge on any atom is 0.315 e. The normalized spacial score (nSPS) is 30.1. The van der Waals surface area contributed by atoms with Crippen molar-refractivity contribution in [3.05, 3.63) is 0 Å². The average Bonchev–Trinajstić information content (AvgIpc) is 2.15. The van der Waals surface area contributed by atoms with Gasteiger partial charge in [0.2, 0.25) is 5.91 Å². The minimum absolute atomic E-state index is 0.137. The fourth-order valence-electron chi connectivity index (χ4n) is 1.56. The first kappa shape index (κ1) is 12.0. The Morgan fingerprint density at radius 3 is 2.33 bits per heavy atom. The number of aliphatic carboxylic acids is 1. The average molecular weight is 215 g/mol. The number of carboxylic acids is 1. The summed E-state index contributed by atoms with van der Waals surface area (Å²) in [7, 11) is 0. The molecule has 1 amide bonds. The highest BCUT2D eigenvalue weighted by molar-refractivity contribution is 5.96. The molecule has 0 aromatic carbocycles. The van der Waals surface area contributed by atoms with Gasteiger partial charge in [-0.3, -0.25) is 9.59 Å². The lowest BCUT2D eigenvalue weighted by molar-refractivity contribution is -0.148. The molecule has 3 unspecified atom stereocenters. The van der Waals surface area contributed by atoms with Crippen molar-refractivity contribution in [2.45, 2.75) is 39.3 Å². The van der Waals surface area contributed by atoms with Crippen LogP contribution in [0.3, 0.4) is 0 Å². The fourth-order valence-corrected chi connectivity index (χ4v) is 1.56. The molecule has 0 aromatic rings. The van der Waals surface area contributed by atoms with Crippen LogP contribution in [0, 0.1) is 11.3 Å². The van der Waals surface area contributed by atoms with Crippen LogP contribution in [0.4, 0.5) is 0 Å². The lowest BCUT2D eigenvalue weighted by atomic mass is 9.64. The van der Waals surface area contributed by atoms with Crippen LogP contribution >= 0.6 is 0 Å². The minimum atomic E-state index is -1.13. The topological polar surface area (TPSA) is 86.6 Å². The van der Waals surface area contributed by atoms with E-state index in [2.05, 4.69) is 5.32 Å². The van der Waals surface area contributed by atoms with Crippen LogP contribution < -0.4 is 5.32 Å². The second kappa shape index (κ2) is 3.81. The standard InChI is InChI=1S/C10H17NO4/c1-5(9(14)15)8(13)11-6-4-7(12)10(6,2)3/h5-7,12H,4H2,1-3H3,(H,11,13)(H,14,15). The molecule has 5 heteroatoms. The summed E-state index contributed by atoms with van der Waals surface area (Å²) in [5.41, 5.74) is -0.367. The Morgan fingerprint density at radius 2 is 2.00 bits per heavy atom. The van der Waals surface area contributed by atoms with Crippen LogP contribution in [0.25, 0.3) is 0 Å². The maximum atomic E-state index is 11.4. The van der Waals surface area contributed by atoms with Gasteiger partial charge in [-0.1, -0.05) is 13.8 Å². The molecular formula is C10H17NO4. The molecule has 0 aromatic heterocycles. The number of aliphatic hydroxyl groups excluding tert-OH is 1. The highest BCUT2D eigenvalue weighted by Gasteiger charge is 2.48. The molecule has 1 aliphatic rings. The summed E-state index contributed by atoms with van der Waals surface area (Å²) in [4.78, 5) is 22.0. The Hall–Kier alpha value is -1.10. The number of amides is 1. The molecule has 1 aliphatic carbocycles. The molecule has 0 heterocycles. The monoisotopic (exact) mass is 215 g/mol. The molecule has 0 saturated heterocycles. The summed E-state index contributed by atoms with van der Waals surface area (Å²) in [6.45, 7) is 5.04. The summed E-state index contributed by atoms with van der Waals surface area (Å²) >= 11 is 0. The van der Waals surface area contributed by atoms with Gasteiger partial charge in [0.25, 0.3) is 0 Å². The zero-order chi connectivity index (χ0) is 11.8. The van der Waals surface area contributed by atoms with Crippen LogP contribution in [0.15, 0.2) is 0 Å². The molecule has 0 radical (unpaired) electrons. The molecule has 3 atom stereocenters. The second-order valence-corrected chi connectivity index (χ2v) is 4.69. The van der Waals surface area contributed by atoms with E-state index in [1.165, 1.54) is 6.92 Å². The highest BCUT2D eigenvalue weighted by Crippen LogP contribution is 2.40. The van der Waals surface area contributed by atoms with Gasteiger partial charge in [-0.05, 0) is 13.3 Å². The number of carbonyl (C=O) groups excluding carboxylic acids is 1. The lowest BCUT2D eigenvalue weighted by Gasteiger charge is -2.49. The van der Waals surface area contributed by atoms with Crippen LogP contribution in [0.2, 0.25) is 0 Å². The van der Waals surface area contributed by atoms with Gasteiger partial charge < -0.3 is 15.5 Å². The van der Waals surface area contributed by atoms with Gasteiger partial charge >= 0.3 is 5.97 Å². The van der Waals surface area contributed by atoms with Crippen molar-refractivity contribution < 1.29 is 19.8 Å². The number of hydrogen-bond acceptors (Lipinski definition) is 3. The van der Waals surface area contributed by atoms with Crippen molar-refractivity contribution in [3.63, 3.8) is 0 Å². The molecule has 3 N–H and O–H groups in total. The second-order valence-electron chi connectivity index (χ2n) is 4.69. The predicted octanol–water partition coefficient (Wildman–Crippen LogP) is -0.0173. The number of nitrogens with one attached hydrogen (secondary N) is 1. The fraction of sp³-hybridized carbons (Fsp3) is 0.800. The number of hydrogen-bond donors (Lipinski definition) is 3. The smallest absolute Gasteiger partial charge is 0.315 e. The minimum Gasteiger partial charge on any atom is -0.481 e. The molecule has 5 nitrogen and oxygen atoms in total. The van der Waals surface area contributed by atoms with Crippen LogP contribution in [0.1, 0.15) is 27.2 Å². The summed E-state index contributed by atoms with van der Waals surface area (Å²) in [6.07, 6.45) is 0.0633. The van der Waals surface area contributed by atoms with Crippen molar-refractivity contribution in [1.82, 2.24) is 5.32 Å². The van der Waals surface area contributed by atoms with E-state index in [9.17, 15) is 14.7 Å². The molecular weight excluding hydrogens is 198 g/mol. The van der Waals surface area contributed by atoms with Gasteiger partial charge in [0, 0.05) is 11.5 Å². The van der Waals surface area contributed by atoms with E-state index in [0.29, 0.717) is 6.42 Å². The first-order valence-corrected chi connectivity index (χ1v) is 4.98. The zero-order valence-electron chi connectivity index (χ0n) is 9.15. The van der Waals surface area contributed by atoms with E-state index in [1.54, 1.807) is 0 Å². The quantitative estimate of drug-likeness (QED) is 0.577. The van der Waals surface area contributed by atoms with Crippen LogP contribution in [0.5, 0.6) is 0 Å². The summed E-state index contributed by atoms with van der Waals surface area (Å²) in [5, 5.41) is 20.7. The third-order valence-electron chi connectivity index (χ3n) is 3.30. The molecule has 1 fully saturated rings. The van der Waals surface area contributed by atoms with Crippen LogP contribution in [-0.2, 0) is 9.59 Å². The van der Waals surface area contributed by atoms with Crippen molar-refractivity contribution in [3.8, 4) is 0 Å².